The fourth-order valence-corrected chi connectivity index (χ4v) is 3.14. The molecule has 82 valence electrons. The number of nitrogens with one attached hydrogen (secondary N) is 1. The second-order valence-corrected chi connectivity index (χ2v) is 6.26. The van der Waals surface area contributed by atoms with Gasteiger partial charge in [0.25, 0.3) is 0 Å². The molecule has 1 saturated carbocycles. The minimum absolute atomic E-state index is 0.736. The lowest BCUT2D eigenvalue weighted by Crippen LogP contribution is -2.43. The Kier molecular flexibility index (Phi) is 4.50. The lowest BCUT2D eigenvalue weighted by molar-refractivity contribution is 0.0734. The van der Waals surface area contributed by atoms with E-state index < -0.39 is 0 Å². The van der Waals surface area contributed by atoms with Gasteiger partial charge in [-0.25, -0.2) is 0 Å². The molecule has 2 nitrogen and oxygen atoms in total. The van der Waals surface area contributed by atoms with Crippen LogP contribution in [0.15, 0.2) is 0 Å². The summed E-state index contributed by atoms with van der Waals surface area (Å²) in [5, 5.41) is 3.80. The molecular weight excluding hydrogens is 289 g/mol. The summed E-state index contributed by atoms with van der Waals surface area (Å²) in [5.41, 5.74) is 0. The van der Waals surface area contributed by atoms with E-state index in [1.165, 1.54) is 38.5 Å². The van der Waals surface area contributed by atoms with Gasteiger partial charge >= 0.3 is 0 Å². The van der Waals surface area contributed by atoms with E-state index in [9.17, 15) is 0 Å². The minimum atomic E-state index is 0.736. The van der Waals surface area contributed by atoms with Crippen molar-refractivity contribution in [3.63, 3.8) is 0 Å². The quantitative estimate of drug-likeness (QED) is 0.625. The van der Waals surface area contributed by atoms with Crippen molar-refractivity contribution in [2.24, 2.45) is 0 Å². The fourth-order valence-electron chi connectivity index (χ4n) is 2.42. The summed E-state index contributed by atoms with van der Waals surface area (Å²) < 4.78 is 6.30. The molecule has 0 radical (unpaired) electrons. The summed E-state index contributed by atoms with van der Waals surface area (Å²) >= 11 is 2.59. The highest BCUT2D eigenvalue weighted by Gasteiger charge is 2.22. The lowest BCUT2D eigenvalue weighted by Gasteiger charge is -2.32. The number of hydrogen-bond donors (Lipinski definition) is 1. The maximum absolute atomic E-state index is 5.36. The lowest BCUT2D eigenvalue weighted by atomic mass is 9.94. The van der Waals surface area contributed by atoms with Gasteiger partial charge in [0, 0.05) is 29.2 Å². The molecule has 0 atom stereocenters. The molecule has 1 saturated heterocycles. The van der Waals surface area contributed by atoms with Crippen LogP contribution in [-0.2, 0) is 4.74 Å². The molecule has 0 aromatic rings. The van der Waals surface area contributed by atoms with Crippen LogP contribution in [-0.4, -0.2) is 29.2 Å². The third-order valence-electron chi connectivity index (χ3n) is 3.35. The standard InChI is InChI=1S/C11H20INO/c12-9-1-3-10(4-2-9)13-11-5-7-14-8-6-11/h9-11,13H,1-8H2/t9-,10-. The zero-order chi connectivity index (χ0) is 9.80. The summed E-state index contributed by atoms with van der Waals surface area (Å²) in [6.07, 6.45) is 7.99. The first-order valence-corrected chi connectivity index (χ1v) is 7.07. The maximum Gasteiger partial charge on any atom is 0.0480 e. The molecule has 1 heterocycles. The predicted molar refractivity (Wildman–Crippen MR) is 67.0 cm³/mol. The zero-order valence-corrected chi connectivity index (χ0v) is 10.8. The van der Waals surface area contributed by atoms with Gasteiger partial charge in [0.15, 0.2) is 0 Å². The zero-order valence-electron chi connectivity index (χ0n) is 8.68. The Morgan fingerprint density at radius 3 is 2.07 bits per heavy atom. The molecule has 0 bridgehead atoms. The summed E-state index contributed by atoms with van der Waals surface area (Å²) in [6.45, 7) is 1.92. The van der Waals surface area contributed by atoms with Gasteiger partial charge in [-0.3, -0.25) is 0 Å². The number of hydrogen-bond acceptors (Lipinski definition) is 2. The van der Waals surface area contributed by atoms with E-state index in [-0.39, 0.29) is 0 Å². The normalized spacial score (nSPS) is 35.8. The van der Waals surface area contributed by atoms with E-state index >= 15 is 0 Å². The highest BCUT2D eigenvalue weighted by molar-refractivity contribution is 14.1. The number of alkyl halides is 1. The van der Waals surface area contributed by atoms with Crippen molar-refractivity contribution in [3.05, 3.63) is 0 Å². The van der Waals surface area contributed by atoms with Crippen LogP contribution in [0.2, 0.25) is 0 Å². The van der Waals surface area contributed by atoms with Crippen LogP contribution in [0.1, 0.15) is 38.5 Å². The summed E-state index contributed by atoms with van der Waals surface area (Å²) in [5.74, 6) is 0. The van der Waals surface area contributed by atoms with Crippen molar-refractivity contribution >= 4 is 22.6 Å². The Morgan fingerprint density at radius 2 is 1.43 bits per heavy atom. The van der Waals surface area contributed by atoms with E-state index in [2.05, 4.69) is 27.9 Å². The van der Waals surface area contributed by atoms with E-state index in [1.54, 1.807) is 0 Å². The van der Waals surface area contributed by atoms with Crippen molar-refractivity contribution in [2.45, 2.75) is 54.5 Å². The van der Waals surface area contributed by atoms with Crippen molar-refractivity contribution in [1.82, 2.24) is 5.32 Å². The van der Waals surface area contributed by atoms with Crippen LogP contribution in [0.3, 0.4) is 0 Å². The van der Waals surface area contributed by atoms with E-state index in [1.807, 2.05) is 0 Å². The van der Waals surface area contributed by atoms with Gasteiger partial charge in [-0.2, -0.15) is 0 Å². The monoisotopic (exact) mass is 309 g/mol. The SMILES string of the molecule is I[C@H]1CC[C@H](NC2CCOCC2)CC1. The first kappa shape index (κ1) is 11.1. The first-order valence-electron chi connectivity index (χ1n) is 5.82. The molecule has 1 aliphatic carbocycles. The summed E-state index contributed by atoms with van der Waals surface area (Å²) in [6, 6.07) is 1.53. The largest absolute Gasteiger partial charge is 0.381 e. The van der Waals surface area contributed by atoms with E-state index in [0.29, 0.717) is 0 Å². The first-order chi connectivity index (χ1) is 6.84. The number of rotatable bonds is 2. The molecule has 0 amide bonds. The van der Waals surface area contributed by atoms with Gasteiger partial charge in [0.05, 0.1) is 0 Å². The van der Waals surface area contributed by atoms with Gasteiger partial charge in [-0.05, 0) is 38.5 Å². The number of halogens is 1. The Bertz CT molecular complexity index is 163. The molecule has 0 aromatic heterocycles. The van der Waals surface area contributed by atoms with Crippen LogP contribution in [0, 0.1) is 0 Å². The minimum Gasteiger partial charge on any atom is -0.381 e. The van der Waals surface area contributed by atoms with Gasteiger partial charge in [0.1, 0.15) is 0 Å². The molecule has 2 fully saturated rings. The molecule has 1 N–H and O–H groups in total. The average molecular weight is 309 g/mol. The third kappa shape index (κ3) is 3.35. The Morgan fingerprint density at radius 1 is 0.857 bits per heavy atom. The topological polar surface area (TPSA) is 21.3 Å². The molecular formula is C11H20INO. The molecule has 2 rings (SSSR count). The van der Waals surface area contributed by atoms with Crippen molar-refractivity contribution in [3.8, 4) is 0 Å². The second kappa shape index (κ2) is 5.66. The Labute approximate surface area is 100 Å². The van der Waals surface area contributed by atoms with Gasteiger partial charge in [0.2, 0.25) is 0 Å². The summed E-state index contributed by atoms with van der Waals surface area (Å²) in [7, 11) is 0. The highest BCUT2D eigenvalue weighted by atomic mass is 127. The van der Waals surface area contributed by atoms with Gasteiger partial charge in [-0.1, -0.05) is 22.6 Å². The van der Waals surface area contributed by atoms with Crippen LogP contribution < -0.4 is 5.32 Å². The van der Waals surface area contributed by atoms with Crippen LogP contribution >= 0.6 is 22.6 Å². The van der Waals surface area contributed by atoms with E-state index in [0.717, 1.165) is 29.2 Å². The van der Waals surface area contributed by atoms with Crippen LogP contribution in [0.4, 0.5) is 0 Å². The molecule has 3 heteroatoms. The average Bonchev–Trinajstić information content (AvgIpc) is 2.23. The molecule has 0 aromatic carbocycles. The number of ether oxygens (including phenoxy) is 1. The van der Waals surface area contributed by atoms with E-state index in [4.69, 9.17) is 4.74 Å². The van der Waals surface area contributed by atoms with Gasteiger partial charge in [-0.15, -0.1) is 0 Å². The Balaban J connectivity index is 1.68. The van der Waals surface area contributed by atoms with Crippen LogP contribution in [0.5, 0.6) is 0 Å². The maximum atomic E-state index is 5.36. The van der Waals surface area contributed by atoms with Crippen molar-refractivity contribution < 1.29 is 4.74 Å². The highest BCUT2D eigenvalue weighted by Crippen LogP contribution is 2.25. The molecule has 2 aliphatic rings. The van der Waals surface area contributed by atoms with Crippen molar-refractivity contribution in [2.75, 3.05) is 13.2 Å². The van der Waals surface area contributed by atoms with Crippen molar-refractivity contribution in [1.29, 1.82) is 0 Å². The summed E-state index contributed by atoms with van der Waals surface area (Å²) in [4.78, 5) is 0. The van der Waals surface area contributed by atoms with Crippen LogP contribution in [0.25, 0.3) is 0 Å². The van der Waals surface area contributed by atoms with Gasteiger partial charge < -0.3 is 10.1 Å². The third-order valence-corrected chi connectivity index (χ3v) is 4.60. The molecule has 1 aliphatic heterocycles. The second-order valence-electron chi connectivity index (χ2n) is 4.50. The molecule has 0 spiro atoms. The smallest absolute Gasteiger partial charge is 0.0480 e. The fraction of sp³-hybridized carbons (Fsp3) is 1.00. The molecule has 14 heavy (non-hydrogen) atoms. The predicted octanol–water partition coefficient (Wildman–Crippen LogP) is 2.50. The molecule has 0 unspecified atom stereocenters. The Hall–Kier alpha value is 0.650.